The van der Waals surface area contributed by atoms with E-state index in [1.54, 1.807) is 0 Å². The third-order valence-corrected chi connectivity index (χ3v) is 4.20. The zero-order valence-corrected chi connectivity index (χ0v) is 15.5. The number of nitrogens with zero attached hydrogens (tertiary/aromatic N) is 1. The molecular formula is C20H21N3O6. The number of carbonyl (C=O) groups is 3. The fourth-order valence-corrected chi connectivity index (χ4v) is 2.60. The molecule has 2 aromatic carbocycles. The van der Waals surface area contributed by atoms with Crippen molar-refractivity contribution in [1.29, 1.82) is 0 Å². The average Bonchev–Trinajstić information content (AvgIpc) is 2.71. The number of hydrogen-bond donors (Lipinski definition) is 3. The van der Waals surface area contributed by atoms with Crippen molar-refractivity contribution in [2.45, 2.75) is 12.8 Å². The van der Waals surface area contributed by atoms with Gasteiger partial charge in [0.2, 0.25) is 5.91 Å². The number of carbonyl (C=O) groups excluding carboxylic acids is 2. The lowest BCUT2D eigenvalue weighted by Gasteiger charge is -2.14. The SMILES string of the molecule is O=C(CCNC(=O)c1ccc([N+](=O)[O-])cc1)NCC(Cc1ccccc1)C(=O)O. The molecule has 0 aliphatic carbocycles. The van der Waals surface area contributed by atoms with Crippen LogP contribution < -0.4 is 10.6 Å². The largest absolute Gasteiger partial charge is 0.481 e. The number of hydrogen-bond acceptors (Lipinski definition) is 5. The van der Waals surface area contributed by atoms with Gasteiger partial charge in [-0.3, -0.25) is 24.5 Å². The monoisotopic (exact) mass is 399 g/mol. The van der Waals surface area contributed by atoms with Crippen molar-refractivity contribution in [3.63, 3.8) is 0 Å². The summed E-state index contributed by atoms with van der Waals surface area (Å²) >= 11 is 0. The minimum absolute atomic E-state index is 0.0145. The molecule has 1 atom stereocenters. The third-order valence-electron chi connectivity index (χ3n) is 4.20. The van der Waals surface area contributed by atoms with Crippen LogP contribution in [-0.2, 0) is 16.0 Å². The van der Waals surface area contributed by atoms with Gasteiger partial charge in [-0.15, -0.1) is 0 Å². The Labute approximate surface area is 166 Å². The van der Waals surface area contributed by atoms with Gasteiger partial charge in [0.25, 0.3) is 11.6 Å². The van der Waals surface area contributed by atoms with Gasteiger partial charge in [-0.25, -0.2) is 0 Å². The number of aliphatic carboxylic acids is 1. The second-order valence-electron chi connectivity index (χ2n) is 6.34. The number of non-ortho nitro benzene ring substituents is 1. The molecule has 1 unspecified atom stereocenters. The van der Waals surface area contributed by atoms with E-state index >= 15 is 0 Å². The van der Waals surface area contributed by atoms with Gasteiger partial charge in [-0.05, 0) is 24.1 Å². The van der Waals surface area contributed by atoms with Crippen molar-refractivity contribution in [3.8, 4) is 0 Å². The Morgan fingerprint density at radius 1 is 1.00 bits per heavy atom. The van der Waals surface area contributed by atoms with Crippen LogP contribution in [0.25, 0.3) is 0 Å². The highest BCUT2D eigenvalue weighted by molar-refractivity contribution is 5.94. The molecule has 2 aromatic rings. The standard InChI is InChI=1S/C20H21N3O6/c24-18(22-13-16(20(26)27)12-14-4-2-1-3-5-14)10-11-21-19(25)15-6-8-17(9-7-15)23(28)29/h1-9,16H,10-13H2,(H,21,25)(H,22,24)(H,26,27). The number of carboxylic acid groups (broad SMARTS) is 1. The molecule has 152 valence electrons. The summed E-state index contributed by atoms with van der Waals surface area (Å²) in [5.41, 5.74) is 0.985. The lowest BCUT2D eigenvalue weighted by molar-refractivity contribution is -0.384. The number of rotatable bonds is 10. The van der Waals surface area contributed by atoms with Gasteiger partial charge in [0.05, 0.1) is 10.8 Å². The maximum Gasteiger partial charge on any atom is 0.308 e. The van der Waals surface area contributed by atoms with Crippen LogP contribution in [0.3, 0.4) is 0 Å². The molecule has 0 bridgehead atoms. The second kappa shape index (κ2) is 10.5. The molecule has 2 rings (SSSR count). The van der Waals surface area contributed by atoms with E-state index in [1.165, 1.54) is 24.3 Å². The normalized spacial score (nSPS) is 11.3. The van der Waals surface area contributed by atoms with Gasteiger partial charge < -0.3 is 15.7 Å². The molecule has 0 saturated carbocycles. The highest BCUT2D eigenvalue weighted by Gasteiger charge is 2.19. The molecule has 2 amide bonds. The first-order chi connectivity index (χ1) is 13.9. The van der Waals surface area contributed by atoms with Gasteiger partial charge in [0.1, 0.15) is 0 Å². The molecule has 0 aromatic heterocycles. The molecule has 9 nitrogen and oxygen atoms in total. The Bertz CT molecular complexity index is 868. The first kappa shape index (κ1) is 21.5. The summed E-state index contributed by atoms with van der Waals surface area (Å²) in [7, 11) is 0. The first-order valence-corrected chi connectivity index (χ1v) is 8.93. The van der Waals surface area contributed by atoms with Crippen LogP contribution in [0.2, 0.25) is 0 Å². The molecule has 0 aliphatic rings. The maximum absolute atomic E-state index is 12.0. The van der Waals surface area contributed by atoms with E-state index in [0.717, 1.165) is 5.56 Å². The van der Waals surface area contributed by atoms with E-state index in [9.17, 15) is 29.6 Å². The summed E-state index contributed by atoms with van der Waals surface area (Å²) in [6.07, 6.45) is 0.281. The highest BCUT2D eigenvalue weighted by Crippen LogP contribution is 2.12. The van der Waals surface area contributed by atoms with Crippen molar-refractivity contribution in [3.05, 3.63) is 75.8 Å². The fraction of sp³-hybridized carbons (Fsp3) is 0.250. The number of nitro groups is 1. The van der Waals surface area contributed by atoms with Gasteiger partial charge in [-0.2, -0.15) is 0 Å². The fourth-order valence-electron chi connectivity index (χ4n) is 2.60. The van der Waals surface area contributed by atoms with E-state index in [2.05, 4.69) is 10.6 Å². The summed E-state index contributed by atoms with van der Waals surface area (Å²) in [5, 5.41) is 25.0. The molecule has 3 N–H and O–H groups in total. The Morgan fingerprint density at radius 3 is 2.24 bits per heavy atom. The molecule has 0 fully saturated rings. The predicted molar refractivity (Wildman–Crippen MR) is 104 cm³/mol. The van der Waals surface area contributed by atoms with Crippen LogP contribution in [0.1, 0.15) is 22.3 Å². The van der Waals surface area contributed by atoms with Crippen molar-refractivity contribution in [2.75, 3.05) is 13.1 Å². The summed E-state index contributed by atoms with van der Waals surface area (Å²) in [5.74, 6) is -2.59. The zero-order valence-electron chi connectivity index (χ0n) is 15.5. The molecule has 0 saturated heterocycles. The maximum atomic E-state index is 12.0. The van der Waals surface area contributed by atoms with Gasteiger partial charge in [-0.1, -0.05) is 30.3 Å². The Balaban J connectivity index is 1.74. The van der Waals surface area contributed by atoms with Crippen LogP contribution in [0.4, 0.5) is 5.69 Å². The van der Waals surface area contributed by atoms with Crippen LogP contribution >= 0.6 is 0 Å². The smallest absolute Gasteiger partial charge is 0.308 e. The molecule has 0 heterocycles. The number of carboxylic acids is 1. The van der Waals surface area contributed by atoms with Crippen LogP contribution in [0, 0.1) is 16.0 Å². The van der Waals surface area contributed by atoms with Crippen molar-refractivity contribution >= 4 is 23.5 Å². The number of nitrogens with one attached hydrogen (secondary N) is 2. The minimum atomic E-state index is -0.999. The summed E-state index contributed by atoms with van der Waals surface area (Å²) in [4.78, 5) is 45.3. The molecule has 0 aliphatic heterocycles. The molecule has 0 radical (unpaired) electrons. The summed E-state index contributed by atoms with van der Waals surface area (Å²) < 4.78 is 0. The van der Waals surface area contributed by atoms with Crippen molar-refractivity contribution in [1.82, 2.24) is 10.6 Å². The Kier molecular flexibility index (Phi) is 7.84. The average molecular weight is 399 g/mol. The van der Waals surface area contributed by atoms with Gasteiger partial charge in [0, 0.05) is 37.2 Å². The number of benzene rings is 2. The lowest BCUT2D eigenvalue weighted by Crippen LogP contribution is -2.36. The topological polar surface area (TPSA) is 139 Å². The molecular weight excluding hydrogens is 378 g/mol. The molecule has 0 spiro atoms. The second-order valence-corrected chi connectivity index (χ2v) is 6.34. The third kappa shape index (κ3) is 7.06. The number of amides is 2. The van der Waals surface area contributed by atoms with E-state index in [-0.39, 0.29) is 36.7 Å². The highest BCUT2D eigenvalue weighted by atomic mass is 16.6. The summed E-state index contributed by atoms with van der Waals surface area (Å²) in [6.45, 7) is 0.0391. The Hall–Kier alpha value is -3.75. The van der Waals surface area contributed by atoms with E-state index in [4.69, 9.17) is 0 Å². The van der Waals surface area contributed by atoms with Crippen LogP contribution in [0.5, 0.6) is 0 Å². The van der Waals surface area contributed by atoms with E-state index < -0.39 is 22.7 Å². The first-order valence-electron chi connectivity index (χ1n) is 8.93. The Morgan fingerprint density at radius 2 is 1.66 bits per heavy atom. The lowest BCUT2D eigenvalue weighted by atomic mass is 9.99. The van der Waals surface area contributed by atoms with Crippen LogP contribution in [-0.4, -0.2) is 40.9 Å². The minimum Gasteiger partial charge on any atom is -0.481 e. The molecule has 29 heavy (non-hydrogen) atoms. The van der Waals surface area contributed by atoms with Gasteiger partial charge >= 0.3 is 5.97 Å². The number of nitro benzene ring substituents is 1. The quantitative estimate of drug-likeness (QED) is 0.411. The van der Waals surface area contributed by atoms with Crippen molar-refractivity contribution < 1.29 is 24.4 Å². The van der Waals surface area contributed by atoms with Gasteiger partial charge in [0.15, 0.2) is 0 Å². The molecule has 9 heteroatoms. The van der Waals surface area contributed by atoms with Crippen LogP contribution in [0.15, 0.2) is 54.6 Å². The summed E-state index contributed by atoms with van der Waals surface area (Å²) in [6, 6.07) is 14.2. The predicted octanol–water partition coefficient (Wildman–Crippen LogP) is 1.77. The van der Waals surface area contributed by atoms with Crippen molar-refractivity contribution in [2.24, 2.45) is 5.92 Å². The van der Waals surface area contributed by atoms with E-state index in [1.807, 2.05) is 30.3 Å². The van der Waals surface area contributed by atoms with E-state index in [0.29, 0.717) is 6.42 Å². The zero-order chi connectivity index (χ0) is 21.2.